The fraction of sp³-hybridized carbons (Fsp3) is 0.0556. The molecule has 25 heavy (non-hydrogen) atoms. The molecule has 7 heteroatoms. The first-order valence-corrected chi connectivity index (χ1v) is 9.27. The number of benzene rings is 2. The SMILES string of the molecule is Cc1ccc(S(=O)(=O)Nc2ccc(Oc3cccnc3)cc2Cl)cc1. The summed E-state index contributed by atoms with van der Waals surface area (Å²) in [5.41, 5.74) is 1.26. The smallest absolute Gasteiger partial charge is 0.261 e. The van der Waals surface area contributed by atoms with Gasteiger partial charge in [0.1, 0.15) is 11.5 Å². The summed E-state index contributed by atoms with van der Waals surface area (Å²) in [5, 5.41) is 0.233. The zero-order valence-corrected chi connectivity index (χ0v) is 14.9. The summed E-state index contributed by atoms with van der Waals surface area (Å²) in [5.74, 6) is 1.04. The van der Waals surface area contributed by atoms with Crippen LogP contribution < -0.4 is 9.46 Å². The molecule has 3 rings (SSSR count). The van der Waals surface area contributed by atoms with Crippen molar-refractivity contribution in [3.05, 3.63) is 77.6 Å². The van der Waals surface area contributed by atoms with Gasteiger partial charge in [-0.15, -0.1) is 0 Å². The molecule has 0 fully saturated rings. The molecule has 0 unspecified atom stereocenters. The Morgan fingerprint density at radius 2 is 1.80 bits per heavy atom. The third kappa shape index (κ3) is 4.29. The molecule has 0 spiro atoms. The Morgan fingerprint density at radius 1 is 1.04 bits per heavy atom. The molecule has 1 aromatic heterocycles. The van der Waals surface area contributed by atoms with Gasteiger partial charge in [-0.2, -0.15) is 0 Å². The molecule has 0 radical (unpaired) electrons. The van der Waals surface area contributed by atoms with E-state index in [0.29, 0.717) is 11.5 Å². The van der Waals surface area contributed by atoms with Gasteiger partial charge in [-0.25, -0.2) is 8.42 Å². The van der Waals surface area contributed by atoms with Crippen molar-refractivity contribution in [1.29, 1.82) is 0 Å². The number of halogens is 1. The third-order valence-corrected chi connectivity index (χ3v) is 5.08. The number of pyridine rings is 1. The Labute approximate surface area is 151 Å². The summed E-state index contributed by atoms with van der Waals surface area (Å²) in [6.45, 7) is 1.89. The van der Waals surface area contributed by atoms with E-state index in [0.717, 1.165) is 5.56 Å². The third-order valence-electron chi connectivity index (χ3n) is 3.39. The Bertz CT molecular complexity index is 975. The number of nitrogens with one attached hydrogen (secondary N) is 1. The highest BCUT2D eigenvalue weighted by Crippen LogP contribution is 2.31. The number of aryl methyl sites for hydroxylation is 1. The van der Waals surface area contributed by atoms with Crippen molar-refractivity contribution in [2.24, 2.45) is 0 Å². The highest BCUT2D eigenvalue weighted by molar-refractivity contribution is 7.92. The molecule has 0 amide bonds. The Kier molecular flexibility index (Phi) is 4.92. The van der Waals surface area contributed by atoms with Crippen LogP contribution in [0.4, 0.5) is 5.69 Å². The molecule has 3 aromatic rings. The lowest BCUT2D eigenvalue weighted by atomic mass is 10.2. The van der Waals surface area contributed by atoms with E-state index in [9.17, 15) is 8.42 Å². The minimum atomic E-state index is -3.71. The summed E-state index contributed by atoms with van der Waals surface area (Å²) < 4.78 is 33.0. The molecular weight excluding hydrogens is 360 g/mol. The van der Waals surface area contributed by atoms with E-state index >= 15 is 0 Å². The molecule has 5 nitrogen and oxygen atoms in total. The van der Waals surface area contributed by atoms with Crippen LogP contribution in [0.3, 0.4) is 0 Å². The fourth-order valence-corrected chi connectivity index (χ4v) is 3.46. The van der Waals surface area contributed by atoms with Crippen molar-refractivity contribution in [1.82, 2.24) is 4.98 Å². The van der Waals surface area contributed by atoms with Crippen molar-refractivity contribution in [3.63, 3.8) is 0 Å². The molecule has 0 aliphatic carbocycles. The largest absolute Gasteiger partial charge is 0.456 e. The number of hydrogen-bond acceptors (Lipinski definition) is 4. The van der Waals surface area contributed by atoms with Crippen molar-refractivity contribution >= 4 is 27.3 Å². The summed E-state index contributed by atoms with van der Waals surface area (Å²) in [4.78, 5) is 4.13. The Morgan fingerprint density at radius 3 is 2.44 bits per heavy atom. The van der Waals surface area contributed by atoms with E-state index in [1.165, 1.54) is 0 Å². The number of sulfonamides is 1. The lowest BCUT2D eigenvalue weighted by molar-refractivity contribution is 0.480. The molecule has 1 heterocycles. The van der Waals surface area contributed by atoms with E-state index in [4.69, 9.17) is 16.3 Å². The topological polar surface area (TPSA) is 68.3 Å². The van der Waals surface area contributed by atoms with Gasteiger partial charge >= 0.3 is 0 Å². The van der Waals surface area contributed by atoms with E-state index in [-0.39, 0.29) is 15.6 Å². The minimum Gasteiger partial charge on any atom is -0.456 e. The lowest BCUT2D eigenvalue weighted by Gasteiger charge is -2.11. The van der Waals surface area contributed by atoms with Gasteiger partial charge in [-0.3, -0.25) is 9.71 Å². The standard InChI is InChI=1S/C18H15ClN2O3S/c1-13-4-7-16(8-5-13)25(22,23)21-18-9-6-14(11-17(18)19)24-15-3-2-10-20-12-15/h2-12,21H,1H3. The zero-order chi connectivity index (χ0) is 17.9. The highest BCUT2D eigenvalue weighted by atomic mass is 35.5. The molecule has 2 aromatic carbocycles. The molecule has 0 aliphatic heterocycles. The highest BCUT2D eigenvalue weighted by Gasteiger charge is 2.16. The first-order chi connectivity index (χ1) is 11.9. The van der Waals surface area contributed by atoms with Crippen molar-refractivity contribution in [2.75, 3.05) is 4.72 Å². The van der Waals surface area contributed by atoms with Gasteiger partial charge in [-0.1, -0.05) is 29.3 Å². The van der Waals surface area contributed by atoms with Gasteiger partial charge in [-0.05, 0) is 43.3 Å². The van der Waals surface area contributed by atoms with E-state index < -0.39 is 10.0 Å². The first-order valence-electron chi connectivity index (χ1n) is 7.41. The maximum absolute atomic E-state index is 12.4. The molecule has 128 valence electrons. The first kappa shape index (κ1) is 17.3. The second-order valence-corrected chi connectivity index (χ2v) is 7.44. The quantitative estimate of drug-likeness (QED) is 0.706. The fourth-order valence-electron chi connectivity index (χ4n) is 2.11. The molecule has 1 N–H and O–H groups in total. The van der Waals surface area contributed by atoms with Crippen molar-refractivity contribution in [2.45, 2.75) is 11.8 Å². The van der Waals surface area contributed by atoms with Crippen LogP contribution in [0.25, 0.3) is 0 Å². The van der Waals surface area contributed by atoms with Crippen LogP contribution in [0, 0.1) is 6.92 Å². The monoisotopic (exact) mass is 374 g/mol. The van der Waals surface area contributed by atoms with Crippen LogP contribution in [0.2, 0.25) is 5.02 Å². The lowest BCUT2D eigenvalue weighted by Crippen LogP contribution is -2.13. The second kappa shape index (κ2) is 7.13. The Balaban J connectivity index is 1.80. The number of hydrogen-bond donors (Lipinski definition) is 1. The van der Waals surface area contributed by atoms with Crippen LogP contribution in [0.1, 0.15) is 5.56 Å². The van der Waals surface area contributed by atoms with Crippen LogP contribution >= 0.6 is 11.6 Å². The summed E-state index contributed by atoms with van der Waals surface area (Å²) in [7, 11) is -3.71. The van der Waals surface area contributed by atoms with Crippen LogP contribution in [0.5, 0.6) is 11.5 Å². The maximum Gasteiger partial charge on any atom is 0.261 e. The normalized spacial score (nSPS) is 11.1. The second-order valence-electron chi connectivity index (χ2n) is 5.35. The minimum absolute atomic E-state index is 0.171. The predicted molar refractivity (Wildman–Crippen MR) is 97.8 cm³/mol. The van der Waals surface area contributed by atoms with Crippen molar-refractivity contribution in [3.8, 4) is 11.5 Å². The summed E-state index contributed by atoms with van der Waals surface area (Å²) in [6.07, 6.45) is 3.21. The summed E-state index contributed by atoms with van der Waals surface area (Å²) >= 11 is 6.19. The molecule has 0 bridgehead atoms. The van der Waals surface area contributed by atoms with Gasteiger partial charge in [0.25, 0.3) is 10.0 Å². The molecule has 0 aliphatic rings. The van der Waals surface area contributed by atoms with Gasteiger partial charge in [0.2, 0.25) is 0 Å². The number of nitrogens with zero attached hydrogens (tertiary/aromatic N) is 1. The average molecular weight is 375 g/mol. The van der Waals surface area contributed by atoms with Gasteiger partial charge in [0.05, 0.1) is 21.8 Å². The van der Waals surface area contributed by atoms with Crippen molar-refractivity contribution < 1.29 is 13.2 Å². The molecule has 0 saturated carbocycles. The van der Waals surface area contributed by atoms with Crippen LogP contribution in [0.15, 0.2) is 71.9 Å². The molecule has 0 atom stereocenters. The van der Waals surface area contributed by atoms with E-state index in [1.54, 1.807) is 67.0 Å². The maximum atomic E-state index is 12.4. The average Bonchev–Trinajstić information content (AvgIpc) is 2.59. The molecule has 0 saturated heterocycles. The van der Waals surface area contributed by atoms with Gasteiger partial charge < -0.3 is 4.74 Å². The Hall–Kier alpha value is -2.57. The molecular formula is C18H15ClN2O3S. The van der Waals surface area contributed by atoms with Crippen LogP contribution in [-0.4, -0.2) is 13.4 Å². The van der Waals surface area contributed by atoms with E-state index in [2.05, 4.69) is 9.71 Å². The number of anilines is 1. The predicted octanol–water partition coefficient (Wildman–Crippen LogP) is 4.64. The van der Waals surface area contributed by atoms with Crippen LogP contribution in [-0.2, 0) is 10.0 Å². The number of aromatic nitrogens is 1. The number of rotatable bonds is 5. The summed E-state index contributed by atoms with van der Waals surface area (Å²) in [6, 6.07) is 14.8. The van der Waals surface area contributed by atoms with Gasteiger partial charge in [0.15, 0.2) is 0 Å². The zero-order valence-electron chi connectivity index (χ0n) is 13.3. The number of ether oxygens (including phenoxy) is 1. The van der Waals surface area contributed by atoms with E-state index in [1.807, 2.05) is 6.92 Å². The van der Waals surface area contributed by atoms with Gasteiger partial charge in [0, 0.05) is 12.3 Å².